The summed E-state index contributed by atoms with van der Waals surface area (Å²) in [6.07, 6.45) is 6.76. The molecule has 0 spiro atoms. The van der Waals surface area contributed by atoms with Gasteiger partial charge in [0.1, 0.15) is 11.2 Å². The van der Waals surface area contributed by atoms with E-state index in [1.165, 1.54) is 71.7 Å². The van der Waals surface area contributed by atoms with Crippen molar-refractivity contribution in [2.45, 2.75) is 32.1 Å². The molecule has 2 aliphatic carbocycles. The van der Waals surface area contributed by atoms with Crippen LogP contribution in [0.4, 0.5) is 17.1 Å². The first kappa shape index (κ1) is 33.9. The summed E-state index contributed by atoms with van der Waals surface area (Å²) < 4.78 is 6.62. The fourth-order valence-corrected chi connectivity index (χ4v) is 10.3. The summed E-state index contributed by atoms with van der Waals surface area (Å²) in [5.41, 5.74) is 18.0. The smallest absolute Gasteiger partial charge is 0.136 e. The highest BCUT2D eigenvalue weighted by molar-refractivity contribution is 6.17. The van der Waals surface area contributed by atoms with Crippen molar-refractivity contribution in [1.29, 1.82) is 0 Å². The van der Waals surface area contributed by atoms with E-state index in [0.717, 1.165) is 57.3 Å². The number of rotatable bonds is 5. The van der Waals surface area contributed by atoms with Crippen molar-refractivity contribution in [2.75, 3.05) is 4.90 Å². The maximum absolute atomic E-state index is 6.62. The van der Waals surface area contributed by atoms with Gasteiger partial charge in [-0.05, 0) is 127 Å². The lowest BCUT2D eigenvalue weighted by Gasteiger charge is -2.31. The van der Waals surface area contributed by atoms with Crippen LogP contribution < -0.4 is 4.90 Å². The number of fused-ring (bicyclic) bond motifs is 10. The molecule has 0 N–H and O–H groups in total. The number of hydrogen-bond donors (Lipinski definition) is 0. The van der Waals surface area contributed by atoms with Crippen LogP contribution in [0, 0.1) is 0 Å². The van der Waals surface area contributed by atoms with Crippen LogP contribution in [0.25, 0.3) is 82.9 Å². The standard InChI is InChI=1S/C57H41NO/c1-57(2)49-24-11-9-22-46(49)56-50(57)25-14-27-52(56)58(40-31-29-36(30-32-40)47-34-39-17-5-6-18-41(39)42-19-7-8-20-43(42)47)51-26-12-10-21-44(51)45-23-13-28-53-55(45)48-33-37-15-3-4-16-38(37)35-54(48)59-53/h3-7,9-19,21-35H,8,20H2,1-2H3. The van der Waals surface area contributed by atoms with E-state index in [1.54, 1.807) is 0 Å². The van der Waals surface area contributed by atoms with Gasteiger partial charge >= 0.3 is 0 Å². The molecule has 2 heteroatoms. The topological polar surface area (TPSA) is 16.4 Å². The fourth-order valence-electron chi connectivity index (χ4n) is 10.3. The second-order valence-corrected chi connectivity index (χ2v) is 16.7. The summed E-state index contributed by atoms with van der Waals surface area (Å²) >= 11 is 0. The molecule has 10 aromatic rings. The van der Waals surface area contributed by atoms with E-state index in [-0.39, 0.29) is 5.41 Å². The number of benzene rings is 9. The van der Waals surface area contributed by atoms with Crippen LogP contribution in [-0.2, 0) is 11.8 Å². The Labute approximate surface area is 344 Å². The molecule has 0 radical (unpaired) electrons. The van der Waals surface area contributed by atoms with Gasteiger partial charge in [-0.3, -0.25) is 0 Å². The minimum absolute atomic E-state index is 0.134. The van der Waals surface area contributed by atoms with Gasteiger partial charge < -0.3 is 9.32 Å². The normalized spacial score (nSPS) is 13.9. The molecule has 1 heterocycles. The number of furan rings is 1. The van der Waals surface area contributed by atoms with Gasteiger partial charge in [-0.15, -0.1) is 0 Å². The number of para-hydroxylation sites is 1. The second kappa shape index (κ2) is 12.9. The Bertz CT molecular complexity index is 3360. The zero-order valence-electron chi connectivity index (χ0n) is 33.2. The zero-order chi connectivity index (χ0) is 39.2. The van der Waals surface area contributed by atoms with Gasteiger partial charge in [0.05, 0.1) is 11.4 Å². The maximum Gasteiger partial charge on any atom is 0.136 e. The molecule has 0 amide bonds. The Morgan fingerprint density at radius 3 is 2.05 bits per heavy atom. The average molecular weight is 756 g/mol. The first-order chi connectivity index (χ1) is 29.0. The fraction of sp³-hybridized carbons (Fsp3) is 0.0877. The number of nitrogens with zero attached hydrogens (tertiary/aromatic N) is 1. The van der Waals surface area contributed by atoms with Gasteiger partial charge in [0.2, 0.25) is 0 Å². The molecule has 0 bridgehead atoms. The average Bonchev–Trinajstić information content (AvgIpc) is 3.77. The molecular weight excluding hydrogens is 715 g/mol. The SMILES string of the molecule is CC1(C)c2ccccc2-c2c(N(c3ccc(-c4cc5ccccc5c5c4CCC=C5)cc3)c3ccccc3-c3cccc4oc5cc6ccccc6cc5c34)cccc21. The lowest BCUT2D eigenvalue weighted by molar-refractivity contribution is 0.660. The molecule has 280 valence electrons. The van der Waals surface area contributed by atoms with Crippen molar-refractivity contribution in [3.8, 4) is 33.4 Å². The van der Waals surface area contributed by atoms with Gasteiger partial charge in [-0.1, -0.05) is 153 Å². The number of hydrogen-bond acceptors (Lipinski definition) is 2. The summed E-state index contributed by atoms with van der Waals surface area (Å²) in [6, 6.07) is 64.8. The van der Waals surface area contributed by atoms with Gasteiger partial charge in [0, 0.05) is 33.0 Å². The Balaban J connectivity index is 1.10. The Hall–Kier alpha value is -7.16. The Morgan fingerprint density at radius 2 is 1.19 bits per heavy atom. The highest BCUT2D eigenvalue weighted by atomic mass is 16.3. The molecule has 2 nitrogen and oxygen atoms in total. The van der Waals surface area contributed by atoms with Crippen LogP contribution >= 0.6 is 0 Å². The third-order valence-corrected chi connectivity index (χ3v) is 13.1. The van der Waals surface area contributed by atoms with Crippen LogP contribution in [-0.4, -0.2) is 0 Å². The molecule has 0 atom stereocenters. The van der Waals surface area contributed by atoms with Crippen LogP contribution in [0.2, 0.25) is 0 Å². The largest absolute Gasteiger partial charge is 0.456 e. The molecule has 0 fully saturated rings. The van der Waals surface area contributed by atoms with E-state index < -0.39 is 0 Å². The highest BCUT2D eigenvalue weighted by Crippen LogP contribution is 2.55. The molecule has 0 saturated heterocycles. The Kier molecular flexibility index (Phi) is 7.43. The van der Waals surface area contributed by atoms with Crippen molar-refractivity contribution in [3.63, 3.8) is 0 Å². The van der Waals surface area contributed by atoms with E-state index in [0.29, 0.717) is 0 Å². The predicted octanol–water partition coefficient (Wildman–Crippen LogP) is 16.0. The van der Waals surface area contributed by atoms with Crippen LogP contribution in [0.3, 0.4) is 0 Å². The molecule has 59 heavy (non-hydrogen) atoms. The van der Waals surface area contributed by atoms with Crippen molar-refractivity contribution in [3.05, 3.63) is 204 Å². The first-order valence-electron chi connectivity index (χ1n) is 20.8. The maximum atomic E-state index is 6.62. The van der Waals surface area contributed by atoms with Gasteiger partial charge in [-0.2, -0.15) is 0 Å². The minimum Gasteiger partial charge on any atom is -0.456 e. The first-order valence-corrected chi connectivity index (χ1v) is 20.8. The highest BCUT2D eigenvalue weighted by Gasteiger charge is 2.38. The molecule has 1 aromatic heterocycles. The summed E-state index contributed by atoms with van der Waals surface area (Å²) in [5.74, 6) is 0. The molecule has 0 aliphatic heterocycles. The third kappa shape index (κ3) is 5.12. The summed E-state index contributed by atoms with van der Waals surface area (Å²) in [5, 5.41) is 7.26. The number of anilines is 3. The second-order valence-electron chi connectivity index (χ2n) is 16.7. The van der Waals surface area contributed by atoms with Crippen LogP contribution in [0.5, 0.6) is 0 Å². The van der Waals surface area contributed by atoms with E-state index in [2.05, 4.69) is 207 Å². The van der Waals surface area contributed by atoms with Crippen molar-refractivity contribution in [2.24, 2.45) is 0 Å². The Morgan fingerprint density at radius 1 is 0.508 bits per heavy atom. The zero-order valence-corrected chi connectivity index (χ0v) is 33.2. The molecule has 9 aromatic carbocycles. The van der Waals surface area contributed by atoms with Gasteiger partial charge in [0.15, 0.2) is 0 Å². The number of allylic oxidation sites excluding steroid dienone is 1. The molecule has 0 unspecified atom stereocenters. The summed E-state index contributed by atoms with van der Waals surface area (Å²) in [6.45, 7) is 4.73. The van der Waals surface area contributed by atoms with Crippen LogP contribution in [0.1, 0.15) is 42.5 Å². The van der Waals surface area contributed by atoms with E-state index in [9.17, 15) is 0 Å². The predicted molar refractivity (Wildman–Crippen MR) is 249 cm³/mol. The van der Waals surface area contributed by atoms with Gasteiger partial charge in [0.25, 0.3) is 0 Å². The molecule has 2 aliphatic rings. The van der Waals surface area contributed by atoms with Crippen molar-refractivity contribution in [1.82, 2.24) is 0 Å². The lowest BCUT2D eigenvalue weighted by atomic mass is 9.82. The van der Waals surface area contributed by atoms with E-state index >= 15 is 0 Å². The lowest BCUT2D eigenvalue weighted by Crippen LogP contribution is -2.16. The summed E-state index contributed by atoms with van der Waals surface area (Å²) in [7, 11) is 0. The van der Waals surface area contributed by atoms with Crippen molar-refractivity contribution < 1.29 is 4.42 Å². The summed E-state index contributed by atoms with van der Waals surface area (Å²) in [4.78, 5) is 2.51. The monoisotopic (exact) mass is 755 g/mol. The molecular formula is C57H41NO. The quantitative estimate of drug-likeness (QED) is 0.174. The van der Waals surface area contributed by atoms with Gasteiger partial charge in [-0.25, -0.2) is 0 Å². The molecule has 12 rings (SSSR count). The van der Waals surface area contributed by atoms with Crippen molar-refractivity contribution >= 4 is 66.6 Å². The minimum atomic E-state index is -0.134. The third-order valence-electron chi connectivity index (χ3n) is 13.1. The van der Waals surface area contributed by atoms with E-state index in [1.807, 2.05) is 0 Å². The molecule has 0 saturated carbocycles. The van der Waals surface area contributed by atoms with E-state index in [4.69, 9.17) is 4.42 Å². The van der Waals surface area contributed by atoms with Crippen LogP contribution in [0.15, 0.2) is 186 Å².